The zero-order valence-corrected chi connectivity index (χ0v) is 16.2. The first-order valence-electron chi connectivity index (χ1n) is 9.43. The lowest BCUT2D eigenvalue weighted by Crippen LogP contribution is -2.27. The van der Waals surface area contributed by atoms with Crippen molar-refractivity contribution in [2.75, 3.05) is 19.8 Å². The van der Waals surface area contributed by atoms with E-state index in [0.29, 0.717) is 13.2 Å². The number of carbonyl (C=O) groups excluding carboxylic acids is 1. The molecule has 5 nitrogen and oxygen atoms in total. The molecule has 1 aromatic rings. The lowest BCUT2D eigenvalue weighted by molar-refractivity contribution is -0.117. The van der Waals surface area contributed by atoms with Crippen molar-refractivity contribution in [1.82, 2.24) is 10.6 Å². The fraction of sp³-hybridized carbons (Fsp3) is 0.524. The molecule has 0 saturated heterocycles. The molecule has 0 heterocycles. The summed E-state index contributed by atoms with van der Waals surface area (Å²) in [4.78, 5) is 12.1. The second-order valence-electron chi connectivity index (χ2n) is 6.23. The maximum atomic E-state index is 12.1. The van der Waals surface area contributed by atoms with Crippen molar-refractivity contribution in [3.63, 3.8) is 0 Å². The minimum absolute atomic E-state index is 0.0176. The van der Waals surface area contributed by atoms with Gasteiger partial charge in [-0.2, -0.15) is 5.26 Å². The third-order valence-corrected chi connectivity index (χ3v) is 4.12. The summed E-state index contributed by atoms with van der Waals surface area (Å²) in [6.45, 7) is 8.11. The van der Waals surface area contributed by atoms with Gasteiger partial charge < -0.3 is 15.4 Å². The lowest BCUT2D eigenvalue weighted by atomic mass is 10.1. The molecule has 1 aromatic carbocycles. The van der Waals surface area contributed by atoms with Gasteiger partial charge in [-0.05, 0) is 37.3 Å². The lowest BCUT2D eigenvalue weighted by Gasteiger charge is -2.13. The number of benzene rings is 1. The molecule has 1 amide bonds. The molecule has 142 valence electrons. The van der Waals surface area contributed by atoms with Crippen molar-refractivity contribution >= 4 is 5.91 Å². The summed E-state index contributed by atoms with van der Waals surface area (Å²) in [5, 5.41) is 15.1. The average Bonchev–Trinajstić information content (AvgIpc) is 2.67. The van der Waals surface area contributed by atoms with Crippen LogP contribution in [0.2, 0.25) is 0 Å². The van der Waals surface area contributed by atoms with Crippen LogP contribution < -0.4 is 10.6 Å². The van der Waals surface area contributed by atoms with Crippen molar-refractivity contribution in [3.8, 4) is 6.07 Å². The molecule has 0 aliphatic heterocycles. The van der Waals surface area contributed by atoms with Crippen LogP contribution in [0.1, 0.15) is 57.2 Å². The van der Waals surface area contributed by atoms with Crippen LogP contribution in [0.15, 0.2) is 36.0 Å². The smallest absolute Gasteiger partial charge is 0.263 e. The third-order valence-electron chi connectivity index (χ3n) is 4.12. The van der Waals surface area contributed by atoms with Crippen molar-refractivity contribution < 1.29 is 9.53 Å². The molecule has 1 unspecified atom stereocenters. The Kier molecular flexibility index (Phi) is 10.8. The number of aryl methyl sites for hydroxylation is 1. The quantitative estimate of drug-likeness (QED) is 0.340. The topological polar surface area (TPSA) is 74.1 Å². The van der Waals surface area contributed by atoms with Gasteiger partial charge in [-0.25, -0.2) is 0 Å². The van der Waals surface area contributed by atoms with E-state index in [2.05, 4.69) is 48.7 Å². The molecule has 0 fully saturated rings. The van der Waals surface area contributed by atoms with E-state index in [-0.39, 0.29) is 17.5 Å². The van der Waals surface area contributed by atoms with Gasteiger partial charge in [-0.15, -0.1) is 0 Å². The largest absolute Gasteiger partial charge is 0.383 e. The molecular weight excluding hydrogens is 326 g/mol. The Morgan fingerprint density at radius 1 is 1.23 bits per heavy atom. The van der Waals surface area contributed by atoms with Gasteiger partial charge in [0.1, 0.15) is 11.6 Å². The number of amides is 1. The summed E-state index contributed by atoms with van der Waals surface area (Å²) in [5.41, 5.74) is 2.47. The van der Waals surface area contributed by atoms with E-state index in [9.17, 15) is 10.1 Å². The second-order valence-corrected chi connectivity index (χ2v) is 6.23. The van der Waals surface area contributed by atoms with Crippen LogP contribution >= 0.6 is 0 Å². The predicted octanol–water partition coefficient (Wildman–Crippen LogP) is 3.63. The molecule has 0 aliphatic rings. The normalized spacial score (nSPS) is 12.3. The van der Waals surface area contributed by atoms with Crippen LogP contribution in [-0.2, 0) is 16.0 Å². The first kappa shape index (κ1) is 21.7. The minimum atomic E-state index is -0.359. The van der Waals surface area contributed by atoms with Gasteiger partial charge in [-0.1, -0.05) is 44.5 Å². The standard InChI is InChI=1S/C21H31N3O2/c1-4-6-13-26-14-7-12-23-21(25)20(15-22)16-24-17(3)19-10-8-18(5-2)9-11-19/h8-11,16-17,24H,4-7,12-14H2,1-3H3,(H,23,25)/b20-16-. The number of unbranched alkanes of at least 4 members (excludes halogenated alkanes) is 1. The minimum Gasteiger partial charge on any atom is -0.383 e. The number of hydrogen-bond acceptors (Lipinski definition) is 4. The molecule has 2 N–H and O–H groups in total. The van der Waals surface area contributed by atoms with Crippen LogP contribution in [0.4, 0.5) is 0 Å². The molecule has 0 aliphatic carbocycles. The van der Waals surface area contributed by atoms with E-state index in [1.165, 1.54) is 11.8 Å². The van der Waals surface area contributed by atoms with Crippen molar-refractivity contribution in [3.05, 3.63) is 47.2 Å². The number of rotatable bonds is 12. The average molecular weight is 357 g/mol. The number of nitrogens with one attached hydrogen (secondary N) is 2. The van der Waals surface area contributed by atoms with E-state index in [0.717, 1.165) is 37.9 Å². The summed E-state index contributed by atoms with van der Waals surface area (Å²) in [6.07, 6.45) is 5.40. The number of nitrogens with zero attached hydrogens (tertiary/aromatic N) is 1. The van der Waals surface area contributed by atoms with Crippen LogP contribution in [-0.4, -0.2) is 25.7 Å². The summed E-state index contributed by atoms with van der Waals surface area (Å²) >= 11 is 0. The van der Waals surface area contributed by atoms with Crippen LogP contribution in [0.25, 0.3) is 0 Å². The molecule has 0 bridgehead atoms. The van der Waals surface area contributed by atoms with E-state index >= 15 is 0 Å². The van der Waals surface area contributed by atoms with Crippen molar-refractivity contribution in [2.24, 2.45) is 0 Å². The van der Waals surface area contributed by atoms with Gasteiger partial charge in [0.15, 0.2) is 0 Å². The SMILES string of the molecule is CCCCOCCCNC(=O)/C(C#N)=C\NC(C)c1ccc(CC)cc1. The van der Waals surface area contributed by atoms with Gasteiger partial charge in [0.25, 0.3) is 5.91 Å². The fourth-order valence-electron chi connectivity index (χ4n) is 2.32. The third kappa shape index (κ3) is 8.17. The monoisotopic (exact) mass is 357 g/mol. The highest BCUT2D eigenvalue weighted by atomic mass is 16.5. The van der Waals surface area contributed by atoms with Gasteiger partial charge in [0.05, 0.1) is 0 Å². The summed E-state index contributed by atoms with van der Waals surface area (Å²) in [5.74, 6) is -0.359. The maximum Gasteiger partial charge on any atom is 0.263 e. The molecule has 0 spiro atoms. The Labute approximate surface area is 157 Å². The molecule has 5 heteroatoms. The highest BCUT2D eigenvalue weighted by molar-refractivity contribution is 5.97. The van der Waals surface area contributed by atoms with Gasteiger partial charge in [-0.3, -0.25) is 4.79 Å². The second kappa shape index (κ2) is 13.0. The number of carbonyl (C=O) groups is 1. The van der Waals surface area contributed by atoms with Crippen molar-refractivity contribution in [1.29, 1.82) is 5.26 Å². The Hall–Kier alpha value is -2.32. The molecule has 1 atom stereocenters. The molecular formula is C21H31N3O2. The summed E-state index contributed by atoms with van der Waals surface area (Å²) in [6, 6.07) is 10.3. The Bertz CT molecular complexity index is 603. The summed E-state index contributed by atoms with van der Waals surface area (Å²) < 4.78 is 5.44. The fourth-order valence-corrected chi connectivity index (χ4v) is 2.32. The Morgan fingerprint density at radius 2 is 1.92 bits per heavy atom. The number of hydrogen-bond donors (Lipinski definition) is 2. The van der Waals surface area contributed by atoms with Gasteiger partial charge in [0.2, 0.25) is 0 Å². The van der Waals surface area contributed by atoms with Gasteiger partial charge in [0, 0.05) is 32.0 Å². The molecule has 0 saturated carbocycles. The van der Waals surface area contributed by atoms with Crippen LogP contribution in [0, 0.1) is 11.3 Å². The van der Waals surface area contributed by atoms with E-state index in [1.54, 1.807) is 0 Å². The zero-order valence-electron chi connectivity index (χ0n) is 16.2. The molecule has 0 aromatic heterocycles. The van der Waals surface area contributed by atoms with E-state index in [1.807, 2.05) is 13.0 Å². The Morgan fingerprint density at radius 3 is 2.54 bits per heavy atom. The predicted molar refractivity (Wildman–Crippen MR) is 104 cm³/mol. The highest BCUT2D eigenvalue weighted by Crippen LogP contribution is 2.14. The van der Waals surface area contributed by atoms with Crippen molar-refractivity contribution in [2.45, 2.75) is 52.5 Å². The molecule has 1 rings (SSSR count). The van der Waals surface area contributed by atoms with E-state index < -0.39 is 0 Å². The highest BCUT2D eigenvalue weighted by Gasteiger charge is 2.09. The van der Waals surface area contributed by atoms with Crippen LogP contribution in [0.3, 0.4) is 0 Å². The van der Waals surface area contributed by atoms with Crippen LogP contribution in [0.5, 0.6) is 0 Å². The maximum absolute atomic E-state index is 12.1. The zero-order chi connectivity index (χ0) is 19.2. The van der Waals surface area contributed by atoms with E-state index in [4.69, 9.17) is 4.74 Å². The Balaban J connectivity index is 2.40. The molecule has 26 heavy (non-hydrogen) atoms. The summed E-state index contributed by atoms with van der Waals surface area (Å²) in [7, 11) is 0. The van der Waals surface area contributed by atoms with Gasteiger partial charge >= 0.3 is 0 Å². The first-order valence-corrected chi connectivity index (χ1v) is 9.43. The molecule has 0 radical (unpaired) electrons. The first-order chi connectivity index (χ1) is 12.6. The number of ether oxygens (including phenoxy) is 1. The number of nitriles is 1.